The van der Waals surface area contributed by atoms with Crippen molar-refractivity contribution in [3.8, 4) is 0 Å². The molecule has 0 aromatic rings. The summed E-state index contributed by atoms with van der Waals surface area (Å²) >= 11 is 0. The Morgan fingerprint density at radius 1 is 1.50 bits per heavy atom. The summed E-state index contributed by atoms with van der Waals surface area (Å²) in [5.74, 6) is 0. The van der Waals surface area contributed by atoms with E-state index < -0.39 is 0 Å². The minimum Gasteiger partial charge on any atom is -0.477 e. The zero-order valence-corrected chi connectivity index (χ0v) is 3.26. The highest BCUT2D eigenvalue weighted by atomic mass is 16.7. The van der Waals surface area contributed by atoms with Gasteiger partial charge in [0.1, 0.15) is 6.61 Å². The van der Waals surface area contributed by atoms with E-state index in [2.05, 4.69) is 14.7 Å². The van der Waals surface area contributed by atoms with Crippen LogP contribution in [0.3, 0.4) is 0 Å². The second-order valence-electron chi connectivity index (χ2n) is 0.915. The zero-order chi connectivity index (χ0) is 4.24. The van der Waals surface area contributed by atoms with Crippen molar-refractivity contribution in [2.45, 2.75) is 0 Å². The summed E-state index contributed by atoms with van der Waals surface area (Å²) in [7, 11) is 0. The second-order valence-corrected chi connectivity index (χ2v) is 0.915. The van der Waals surface area contributed by atoms with Crippen molar-refractivity contribution < 1.29 is 9.57 Å². The first kappa shape index (κ1) is 3.46. The van der Waals surface area contributed by atoms with E-state index >= 15 is 0 Å². The van der Waals surface area contributed by atoms with Crippen molar-refractivity contribution in [2.75, 3.05) is 13.2 Å². The van der Waals surface area contributed by atoms with Crippen LogP contribution in [-0.4, -0.2) is 19.6 Å². The average molecular weight is 87.1 g/mol. The molecule has 0 aromatic heterocycles. The van der Waals surface area contributed by atoms with E-state index in [0.717, 1.165) is 0 Å². The molecule has 1 aliphatic heterocycles. The van der Waals surface area contributed by atoms with Gasteiger partial charge < -0.3 is 9.57 Å². The van der Waals surface area contributed by atoms with Gasteiger partial charge in [-0.15, -0.1) is 0 Å². The summed E-state index contributed by atoms with van der Waals surface area (Å²) in [5, 5.41) is 3.33. The van der Waals surface area contributed by atoms with Gasteiger partial charge in [0.05, 0.1) is 0 Å². The van der Waals surface area contributed by atoms with Gasteiger partial charge >= 0.3 is 0 Å². The van der Waals surface area contributed by atoms with Crippen LogP contribution in [0.25, 0.3) is 0 Å². The van der Waals surface area contributed by atoms with Crippen LogP contribution in [0.4, 0.5) is 0 Å². The maximum absolute atomic E-state index is 4.65. The number of oxime groups is 1. The minimum atomic E-state index is 0.580. The molecule has 6 heavy (non-hydrogen) atoms. The summed E-state index contributed by atoms with van der Waals surface area (Å²) in [4.78, 5) is 4.51. The van der Waals surface area contributed by atoms with Gasteiger partial charge in [-0.3, -0.25) is 0 Å². The molecule has 1 aliphatic rings. The first-order valence-electron chi connectivity index (χ1n) is 1.75. The summed E-state index contributed by atoms with van der Waals surface area (Å²) in [6.45, 7) is 1.21. The highest BCUT2D eigenvalue weighted by Crippen LogP contribution is 1.81. The van der Waals surface area contributed by atoms with E-state index in [0.29, 0.717) is 13.2 Å². The fourth-order valence-corrected chi connectivity index (χ4v) is 0.252. The van der Waals surface area contributed by atoms with Crippen molar-refractivity contribution in [1.29, 1.82) is 0 Å². The summed E-state index contributed by atoms with van der Waals surface area (Å²) in [5.41, 5.74) is 0. The molecule has 3 heteroatoms. The third-order valence-electron chi connectivity index (χ3n) is 0.485. The minimum absolute atomic E-state index is 0.580. The van der Waals surface area contributed by atoms with Gasteiger partial charge in [-0.05, 0) is 0 Å². The third-order valence-corrected chi connectivity index (χ3v) is 0.485. The number of nitrogens with zero attached hydrogens (tertiary/aromatic N) is 1. The molecular weight excluding hydrogens is 82.0 g/mol. The Morgan fingerprint density at radius 3 is 2.67 bits per heavy atom. The lowest BCUT2D eigenvalue weighted by molar-refractivity contribution is 0.0719. The molecule has 0 radical (unpaired) electrons. The maximum Gasteiger partial charge on any atom is 0.212 e. The van der Waals surface area contributed by atoms with E-state index in [1.54, 1.807) is 0 Å². The lowest BCUT2D eigenvalue weighted by Crippen LogP contribution is -2.04. The molecule has 34 valence electrons. The topological polar surface area (TPSA) is 30.8 Å². The molecule has 0 aromatic carbocycles. The Kier molecular flexibility index (Phi) is 0.948. The SMILES string of the molecule is C1=NOCCO1. The van der Waals surface area contributed by atoms with Crippen molar-refractivity contribution in [2.24, 2.45) is 5.16 Å². The quantitative estimate of drug-likeness (QED) is 0.415. The van der Waals surface area contributed by atoms with Gasteiger partial charge in [0.2, 0.25) is 6.40 Å². The fraction of sp³-hybridized carbons (Fsp3) is 0.667. The monoisotopic (exact) mass is 87.0 g/mol. The molecule has 0 unspecified atom stereocenters. The summed E-state index contributed by atoms with van der Waals surface area (Å²) in [6.07, 6.45) is 1.30. The highest BCUT2D eigenvalue weighted by molar-refractivity contribution is 5.45. The first-order valence-corrected chi connectivity index (χ1v) is 1.75. The molecule has 1 heterocycles. The van der Waals surface area contributed by atoms with Crippen LogP contribution >= 0.6 is 0 Å². The Morgan fingerprint density at radius 2 is 2.50 bits per heavy atom. The average Bonchev–Trinajstić information content (AvgIpc) is 1.72. The van der Waals surface area contributed by atoms with Gasteiger partial charge in [0.25, 0.3) is 0 Å². The largest absolute Gasteiger partial charge is 0.477 e. The standard InChI is InChI=1S/C3H5NO2/c1-2-6-4-3-5-1/h3H,1-2H2. The van der Waals surface area contributed by atoms with Gasteiger partial charge in [-0.25, -0.2) is 0 Å². The predicted molar refractivity (Wildman–Crippen MR) is 20.4 cm³/mol. The van der Waals surface area contributed by atoms with Gasteiger partial charge in [0.15, 0.2) is 6.61 Å². The Bertz CT molecular complexity index is 53.8. The molecule has 0 amide bonds. The van der Waals surface area contributed by atoms with Crippen molar-refractivity contribution >= 4 is 6.40 Å². The van der Waals surface area contributed by atoms with Crippen LogP contribution in [0, 0.1) is 0 Å². The van der Waals surface area contributed by atoms with Crippen LogP contribution in [0.15, 0.2) is 5.16 Å². The van der Waals surface area contributed by atoms with E-state index in [-0.39, 0.29) is 0 Å². The second kappa shape index (κ2) is 1.64. The van der Waals surface area contributed by atoms with Crippen LogP contribution in [-0.2, 0) is 9.57 Å². The van der Waals surface area contributed by atoms with E-state index in [1.165, 1.54) is 6.40 Å². The molecule has 3 nitrogen and oxygen atoms in total. The molecule has 0 fully saturated rings. The van der Waals surface area contributed by atoms with Crippen molar-refractivity contribution in [1.82, 2.24) is 0 Å². The third kappa shape index (κ3) is 0.607. The lowest BCUT2D eigenvalue weighted by atomic mass is 10.8. The lowest BCUT2D eigenvalue weighted by Gasteiger charge is -2.02. The predicted octanol–water partition coefficient (Wildman–Crippen LogP) is -0.0235. The number of hydrogen-bond donors (Lipinski definition) is 0. The number of ether oxygens (including phenoxy) is 1. The van der Waals surface area contributed by atoms with Crippen LogP contribution in [0.1, 0.15) is 0 Å². The van der Waals surface area contributed by atoms with Gasteiger partial charge in [0, 0.05) is 0 Å². The Hall–Kier alpha value is -0.730. The van der Waals surface area contributed by atoms with Crippen LogP contribution in [0.2, 0.25) is 0 Å². The molecule has 0 aliphatic carbocycles. The normalized spacial score (nSPS) is 18.7. The maximum atomic E-state index is 4.65. The van der Waals surface area contributed by atoms with Crippen molar-refractivity contribution in [3.05, 3.63) is 0 Å². The van der Waals surface area contributed by atoms with Gasteiger partial charge in [-0.2, -0.15) is 0 Å². The Labute approximate surface area is 35.5 Å². The van der Waals surface area contributed by atoms with E-state index in [4.69, 9.17) is 0 Å². The van der Waals surface area contributed by atoms with E-state index in [9.17, 15) is 0 Å². The number of hydrogen-bond acceptors (Lipinski definition) is 3. The first-order chi connectivity index (χ1) is 3.00. The smallest absolute Gasteiger partial charge is 0.212 e. The zero-order valence-electron chi connectivity index (χ0n) is 3.26. The molecule has 0 saturated carbocycles. The van der Waals surface area contributed by atoms with E-state index in [1.807, 2.05) is 0 Å². The molecular formula is C3H5NO2. The Balaban J connectivity index is 2.26. The highest BCUT2D eigenvalue weighted by Gasteiger charge is 1.87. The molecule has 0 spiro atoms. The molecule has 0 N–H and O–H groups in total. The van der Waals surface area contributed by atoms with Crippen LogP contribution < -0.4 is 0 Å². The number of rotatable bonds is 0. The molecule has 0 saturated heterocycles. The summed E-state index contributed by atoms with van der Waals surface area (Å²) < 4.78 is 4.65. The molecule has 0 bridgehead atoms. The molecule has 1 rings (SSSR count). The van der Waals surface area contributed by atoms with Gasteiger partial charge in [-0.1, -0.05) is 5.16 Å². The van der Waals surface area contributed by atoms with Crippen molar-refractivity contribution in [3.63, 3.8) is 0 Å². The molecule has 0 atom stereocenters. The summed E-state index contributed by atoms with van der Waals surface area (Å²) in [6, 6.07) is 0. The van der Waals surface area contributed by atoms with Crippen LogP contribution in [0.5, 0.6) is 0 Å². The fourth-order valence-electron chi connectivity index (χ4n) is 0.252.